The molecule has 0 aliphatic heterocycles. The van der Waals surface area contributed by atoms with Gasteiger partial charge in [0.2, 0.25) is 11.2 Å². The van der Waals surface area contributed by atoms with Crippen LogP contribution in [0.5, 0.6) is 11.5 Å². The van der Waals surface area contributed by atoms with Crippen molar-refractivity contribution in [3.05, 3.63) is 226 Å². The summed E-state index contributed by atoms with van der Waals surface area (Å²) < 4.78 is 23.7. The third-order valence-corrected chi connectivity index (χ3v) is 9.93. The van der Waals surface area contributed by atoms with Gasteiger partial charge >= 0.3 is 0 Å². The molecule has 0 amide bonds. The molecule has 0 radical (unpaired) electrons. The Labute approximate surface area is 364 Å². The summed E-state index contributed by atoms with van der Waals surface area (Å²) in [5.41, 5.74) is 17.5. The lowest BCUT2D eigenvalue weighted by Crippen LogP contribution is -2.29. The highest BCUT2D eigenvalue weighted by atomic mass is 16.5. The predicted octanol–water partition coefficient (Wildman–Crippen LogP) is 11.0. The SMILES string of the molecule is COc1ccc(C2=C=C=C(c3ccccc3)C#CC(c3ccccc3)=C=C=C(c3ccc(OC)cc3)C#CC(OC)(c3ccccc3)C#CC(OC)(c3ccccc3)C#C2)cc1. The van der Waals surface area contributed by atoms with Crippen LogP contribution in [-0.4, -0.2) is 28.4 Å². The van der Waals surface area contributed by atoms with Gasteiger partial charge in [0.1, 0.15) is 11.5 Å². The van der Waals surface area contributed by atoms with E-state index < -0.39 is 11.2 Å². The number of hydrogen-bond donors (Lipinski definition) is 0. The van der Waals surface area contributed by atoms with Crippen molar-refractivity contribution in [1.82, 2.24) is 0 Å². The molecule has 4 heteroatoms. The van der Waals surface area contributed by atoms with Gasteiger partial charge < -0.3 is 18.9 Å². The lowest BCUT2D eigenvalue weighted by molar-refractivity contribution is 0.0802. The Balaban J connectivity index is 1.66. The van der Waals surface area contributed by atoms with Crippen LogP contribution in [0.15, 0.2) is 193 Å². The Morgan fingerprint density at radius 1 is 0.306 bits per heavy atom. The van der Waals surface area contributed by atoms with Crippen LogP contribution in [0.2, 0.25) is 0 Å². The molecule has 0 aromatic heterocycles. The van der Waals surface area contributed by atoms with Gasteiger partial charge in [-0.3, -0.25) is 0 Å². The summed E-state index contributed by atoms with van der Waals surface area (Å²) in [5.74, 6) is 28.6. The maximum atomic E-state index is 6.35. The topological polar surface area (TPSA) is 36.9 Å². The van der Waals surface area contributed by atoms with Gasteiger partial charge in [0.15, 0.2) is 0 Å². The van der Waals surface area contributed by atoms with Crippen molar-refractivity contribution < 1.29 is 18.9 Å². The minimum Gasteiger partial charge on any atom is -0.497 e. The van der Waals surface area contributed by atoms with Crippen LogP contribution in [0.4, 0.5) is 0 Å². The highest BCUT2D eigenvalue weighted by molar-refractivity contribution is 5.88. The van der Waals surface area contributed by atoms with E-state index in [0.29, 0.717) is 44.9 Å². The zero-order chi connectivity index (χ0) is 43.0. The minimum atomic E-state index is -1.46. The molecule has 2 atom stereocenters. The first-order valence-corrected chi connectivity index (χ1v) is 19.7. The summed E-state index contributed by atoms with van der Waals surface area (Å²) in [4.78, 5) is 0. The average molecular weight is 801 g/mol. The number of hydrogen-bond acceptors (Lipinski definition) is 4. The molecule has 0 bridgehead atoms. The summed E-state index contributed by atoms with van der Waals surface area (Å²) >= 11 is 0. The third-order valence-electron chi connectivity index (χ3n) is 9.93. The second-order valence-corrected chi connectivity index (χ2v) is 13.7. The largest absolute Gasteiger partial charge is 0.497 e. The van der Waals surface area contributed by atoms with E-state index in [-0.39, 0.29) is 0 Å². The van der Waals surface area contributed by atoms with Gasteiger partial charge in [0.05, 0.1) is 36.5 Å². The second-order valence-electron chi connectivity index (χ2n) is 13.7. The van der Waals surface area contributed by atoms with Crippen LogP contribution >= 0.6 is 0 Å². The standard InChI is InChI=1S/C58H40O4/c1-59-55-35-31-49(32-36-55)51-29-27-47(45-17-9-5-10-18-45)25-26-48(46-19-11-6-12-20-46)28-30-52(50-33-37-56(60-2)38-34-50)40-42-58(62-4,54-23-15-8-16-24-54)44-43-57(61-3,41-39-51)53-21-13-7-14-22-53/h5-24,31-38H,1-4H3. The van der Waals surface area contributed by atoms with Gasteiger partial charge in [-0.1, -0.05) is 168 Å². The van der Waals surface area contributed by atoms with Crippen LogP contribution in [0.3, 0.4) is 0 Å². The molecular weight excluding hydrogens is 761 g/mol. The second kappa shape index (κ2) is 20.1. The fraction of sp³-hybridized carbons (Fsp3) is 0.103. The third kappa shape index (κ3) is 9.92. The number of allylic oxidation sites excluding steroid dienone is 4. The molecule has 6 aromatic rings. The number of benzene rings is 6. The molecule has 1 aliphatic rings. The zero-order valence-electron chi connectivity index (χ0n) is 34.8. The minimum absolute atomic E-state index is 0.523. The number of methoxy groups -OCH3 is 4. The van der Waals surface area contributed by atoms with Gasteiger partial charge in [-0.2, -0.15) is 0 Å². The van der Waals surface area contributed by atoms with E-state index in [1.165, 1.54) is 0 Å². The summed E-state index contributed by atoms with van der Waals surface area (Å²) in [5, 5.41) is 0. The molecule has 0 N–H and O–H groups in total. The maximum Gasteiger partial charge on any atom is 0.216 e. The summed E-state index contributed by atoms with van der Waals surface area (Å²) in [6, 6.07) is 54.2. The molecule has 0 spiro atoms. The molecule has 7 rings (SSSR count). The van der Waals surface area contributed by atoms with Gasteiger partial charge in [-0.15, -0.1) is 0 Å². The van der Waals surface area contributed by atoms with Crippen molar-refractivity contribution >= 4 is 22.3 Å². The van der Waals surface area contributed by atoms with Gasteiger partial charge in [-0.25, -0.2) is 0 Å². The first-order chi connectivity index (χ1) is 30.5. The van der Waals surface area contributed by atoms with E-state index in [2.05, 4.69) is 70.3 Å². The first kappa shape index (κ1) is 41.8. The summed E-state index contributed by atoms with van der Waals surface area (Å²) in [6.07, 6.45) is 0. The van der Waals surface area contributed by atoms with E-state index in [1.807, 2.05) is 170 Å². The number of rotatable bonds is 10. The Kier molecular flexibility index (Phi) is 13.6. The van der Waals surface area contributed by atoms with E-state index >= 15 is 0 Å². The highest BCUT2D eigenvalue weighted by Gasteiger charge is 2.33. The Bertz CT molecular complexity index is 2810. The van der Waals surface area contributed by atoms with Crippen LogP contribution in [-0.2, 0) is 20.7 Å². The molecule has 296 valence electrons. The van der Waals surface area contributed by atoms with Crippen molar-refractivity contribution in [2.75, 3.05) is 28.4 Å². The number of ether oxygens (including phenoxy) is 4. The van der Waals surface area contributed by atoms with Crippen molar-refractivity contribution in [2.24, 2.45) is 0 Å². The van der Waals surface area contributed by atoms with Gasteiger partial charge in [-0.05, 0) is 94.5 Å². The molecular formula is C58H40O4. The Morgan fingerprint density at radius 3 is 0.903 bits per heavy atom. The van der Waals surface area contributed by atoms with Gasteiger partial charge in [0.25, 0.3) is 0 Å². The lowest BCUT2D eigenvalue weighted by atomic mass is 9.89. The van der Waals surface area contributed by atoms with Crippen LogP contribution in [0.1, 0.15) is 33.4 Å². The van der Waals surface area contributed by atoms with Crippen molar-refractivity contribution in [1.29, 1.82) is 0 Å². The van der Waals surface area contributed by atoms with E-state index in [0.717, 1.165) is 22.3 Å². The molecule has 2 unspecified atom stereocenters. The Morgan fingerprint density at radius 2 is 0.597 bits per heavy atom. The van der Waals surface area contributed by atoms with E-state index in [1.54, 1.807) is 28.4 Å². The van der Waals surface area contributed by atoms with Crippen LogP contribution < -0.4 is 9.47 Å². The quantitative estimate of drug-likeness (QED) is 0.102. The molecule has 6 aromatic carbocycles. The average Bonchev–Trinajstić information content (AvgIpc) is 3.35. The fourth-order valence-corrected chi connectivity index (χ4v) is 6.42. The monoisotopic (exact) mass is 800 g/mol. The van der Waals surface area contributed by atoms with Gasteiger partial charge in [0, 0.05) is 25.3 Å². The maximum absolute atomic E-state index is 6.35. The summed E-state index contributed by atoms with van der Waals surface area (Å²) in [7, 11) is 6.44. The fourth-order valence-electron chi connectivity index (χ4n) is 6.42. The molecule has 0 fully saturated rings. The molecule has 1 aliphatic carbocycles. The lowest BCUT2D eigenvalue weighted by Gasteiger charge is -2.25. The predicted molar refractivity (Wildman–Crippen MR) is 248 cm³/mol. The van der Waals surface area contributed by atoms with Crippen molar-refractivity contribution in [2.45, 2.75) is 11.2 Å². The molecule has 0 saturated heterocycles. The molecule has 0 saturated carbocycles. The van der Waals surface area contributed by atoms with Crippen LogP contribution in [0.25, 0.3) is 22.3 Å². The Hall–Kier alpha value is -8.32. The first-order valence-electron chi connectivity index (χ1n) is 19.7. The molecule has 62 heavy (non-hydrogen) atoms. The normalized spacial score (nSPS) is 16.8. The van der Waals surface area contributed by atoms with Crippen molar-refractivity contribution in [3.63, 3.8) is 0 Å². The van der Waals surface area contributed by atoms with Crippen molar-refractivity contribution in [3.8, 4) is 58.9 Å². The van der Waals surface area contributed by atoms with Crippen LogP contribution in [0, 0.1) is 47.4 Å². The zero-order valence-corrected chi connectivity index (χ0v) is 34.8. The summed E-state index contributed by atoms with van der Waals surface area (Å²) in [6.45, 7) is 0. The smallest absolute Gasteiger partial charge is 0.216 e. The molecule has 4 nitrogen and oxygen atoms in total. The van der Waals surface area contributed by atoms with E-state index in [4.69, 9.17) is 18.9 Å². The van der Waals surface area contributed by atoms with E-state index in [9.17, 15) is 0 Å². The highest BCUT2D eigenvalue weighted by Crippen LogP contribution is 2.30. The molecule has 0 heterocycles.